The Morgan fingerprint density at radius 2 is 1.89 bits per heavy atom. The van der Waals surface area contributed by atoms with Crippen molar-refractivity contribution in [3.63, 3.8) is 0 Å². The zero-order chi connectivity index (χ0) is 20.0. The van der Waals surface area contributed by atoms with E-state index in [1.807, 2.05) is 30.3 Å². The SMILES string of the molecule is CCOC(=O)/C=C1\C[C@@H](C(C)(C)C(=O)OC)O[C@H](c2ccccc2)CC1=O. The van der Waals surface area contributed by atoms with Crippen molar-refractivity contribution < 1.29 is 28.6 Å². The van der Waals surface area contributed by atoms with E-state index in [-0.39, 0.29) is 25.2 Å². The summed E-state index contributed by atoms with van der Waals surface area (Å²) < 4.78 is 16.1. The van der Waals surface area contributed by atoms with Crippen molar-refractivity contribution in [1.82, 2.24) is 0 Å². The van der Waals surface area contributed by atoms with Crippen LogP contribution in [0.25, 0.3) is 0 Å². The van der Waals surface area contributed by atoms with Crippen molar-refractivity contribution in [2.24, 2.45) is 5.41 Å². The molecule has 0 unspecified atom stereocenters. The highest BCUT2D eigenvalue weighted by molar-refractivity contribution is 6.01. The van der Waals surface area contributed by atoms with Gasteiger partial charge in [0.05, 0.1) is 31.3 Å². The van der Waals surface area contributed by atoms with E-state index in [4.69, 9.17) is 14.2 Å². The van der Waals surface area contributed by atoms with Crippen molar-refractivity contribution in [3.8, 4) is 0 Å². The number of methoxy groups -OCH3 is 1. The van der Waals surface area contributed by atoms with Gasteiger partial charge >= 0.3 is 11.9 Å². The predicted octanol–water partition coefficient (Wildman–Crippen LogP) is 3.16. The maximum Gasteiger partial charge on any atom is 0.331 e. The molecule has 6 nitrogen and oxygen atoms in total. The maximum absolute atomic E-state index is 12.8. The Hall–Kier alpha value is -2.47. The molecule has 1 fully saturated rings. The molecular formula is C21H26O6. The first-order chi connectivity index (χ1) is 12.8. The fourth-order valence-electron chi connectivity index (χ4n) is 3.06. The molecule has 0 N–H and O–H groups in total. The molecule has 1 aromatic carbocycles. The van der Waals surface area contributed by atoms with Crippen molar-refractivity contribution in [1.29, 1.82) is 0 Å². The molecule has 0 spiro atoms. The van der Waals surface area contributed by atoms with E-state index in [2.05, 4.69) is 0 Å². The summed E-state index contributed by atoms with van der Waals surface area (Å²) in [6.07, 6.45) is 0.276. The molecule has 2 rings (SSSR count). The number of carbonyl (C=O) groups is 3. The minimum Gasteiger partial charge on any atom is -0.469 e. The quantitative estimate of drug-likeness (QED) is 0.582. The second-order valence-electron chi connectivity index (χ2n) is 6.99. The summed E-state index contributed by atoms with van der Waals surface area (Å²) in [5.41, 5.74) is 0.142. The van der Waals surface area contributed by atoms with Gasteiger partial charge in [0, 0.05) is 24.5 Å². The van der Waals surface area contributed by atoms with Crippen molar-refractivity contribution in [2.45, 2.75) is 45.8 Å². The zero-order valence-electron chi connectivity index (χ0n) is 16.2. The van der Waals surface area contributed by atoms with Gasteiger partial charge in [-0.2, -0.15) is 0 Å². The monoisotopic (exact) mass is 374 g/mol. The molecule has 0 saturated carbocycles. The molecular weight excluding hydrogens is 348 g/mol. The summed E-state index contributed by atoms with van der Waals surface area (Å²) in [7, 11) is 1.32. The van der Waals surface area contributed by atoms with Gasteiger partial charge in [-0.05, 0) is 26.3 Å². The van der Waals surface area contributed by atoms with E-state index in [1.54, 1.807) is 20.8 Å². The van der Waals surface area contributed by atoms with Crippen LogP contribution < -0.4 is 0 Å². The number of Topliss-reactive ketones (excluding diaryl/α,β-unsaturated/α-hetero) is 1. The number of ether oxygens (including phenoxy) is 3. The summed E-state index contributed by atoms with van der Waals surface area (Å²) in [5, 5.41) is 0. The van der Waals surface area contributed by atoms with Crippen LogP contribution in [0.15, 0.2) is 42.0 Å². The smallest absolute Gasteiger partial charge is 0.331 e. The molecule has 146 valence electrons. The fraction of sp³-hybridized carbons (Fsp3) is 0.476. The van der Waals surface area contributed by atoms with E-state index >= 15 is 0 Å². The summed E-state index contributed by atoms with van der Waals surface area (Å²) >= 11 is 0. The van der Waals surface area contributed by atoms with E-state index in [0.717, 1.165) is 5.56 Å². The van der Waals surface area contributed by atoms with Crippen LogP contribution in [0, 0.1) is 5.41 Å². The molecule has 0 amide bonds. The first kappa shape index (κ1) is 20.8. The first-order valence-electron chi connectivity index (χ1n) is 8.99. The standard InChI is InChI=1S/C21H26O6/c1-5-26-19(23)12-15-11-18(21(2,3)20(24)25-4)27-17(13-16(15)22)14-9-7-6-8-10-14/h6-10,12,17-18H,5,11,13H2,1-4H3/b15-12+/t17-,18-/m0/s1. The summed E-state index contributed by atoms with van der Waals surface area (Å²) in [6, 6.07) is 9.36. The Kier molecular flexibility index (Phi) is 6.91. The number of rotatable bonds is 5. The third kappa shape index (κ3) is 5.04. The first-order valence-corrected chi connectivity index (χ1v) is 8.99. The largest absolute Gasteiger partial charge is 0.469 e. The Bertz CT molecular complexity index is 719. The van der Waals surface area contributed by atoms with E-state index < -0.39 is 29.6 Å². The minimum absolute atomic E-state index is 0.0863. The van der Waals surface area contributed by atoms with Crippen LogP contribution in [-0.2, 0) is 28.6 Å². The second-order valence-corrected chi connectivity index (χ2v) is 6.99. The van der Waals surface area contributed by atoms with Gasteiger partial charge < -0.3 is 14.2 Å². The topological polar surface area (TPSA) is 78.9 Å². The van der Waals surface area contributed by atoms with Crippen LogP contribution in [0.2, 0.25) is 0 Å². The number of hydrogen-bond acceptors (Lipinski definition) is 6. The molecule has 27 heavy (non-hydrogen) atoms. The highest BCUT2D eigenvalue weighted by atomic mass is 16.5. The number of hydrogen-bond donors (Lipinski definition) is 0. The third-order valence-electron chi connectivity index (χ3n) is 4.73. The minimum atomic E-state index is -1.000. The lowest BCUT2D eigenvalue weighted by Gasteiger charge is -2.33. The molecule has 0 radical (unpaired) electrons. The third-order valence-corrected chi connectivity index (χ3v) is 4.73. The van der Waals surface area contributed by atoms with Crippen LogP contribution in [0.1, 0.15) is 45.3 Å². The van der Waals surface area contributed by atoms with Gasteiger partial charge in [-0.3, -0.25) is 9.59 Å². The highest BCUT2D eigenvalue weighted by Gasteiger charge is 2.43. The molecule has 0 aromatic heterocycles. The lowest BCUT2D eigenvalue weighted by molar-refractivity contribution is -0.163. The molecule has 2 atom stereocenters. The van der Waals surface area contributed by atoms with Crippen LogP contribution in [-0.4, -0.2) is 37.5 Å². The summed E-state index contributed by atoms with van der Waals surface area (Å²) in [5.74, 6) is -1.21. The Labute approximate surface area is 159 Å². The Morgan fingerprint density at radius 1 is 1.22 bits per heavy atom. The van der Waals surface area contributed by atoms with E-state index in [9.17, 15) is 14.4 Å². The van der Waals surface area contributed by atoms with Crippen molar-refractivity contribution >= 4 is 17.7 Å². The van der Waals surface area contributed by atoms with E-state index in [1.165, 1.54) is 13.2 Å². The molecule has 0 bridgehead atoms. The molecule has 6 heteroatoms. The number of carbonyl (C=O) groups excluding carboxylic acids is 3. The number of benzene rings is 1. The zero-order valence-corrected chi connectivity index (χ0v) is 16.2. The molecule has 1 saturated heterocycles. The predicted molar refractivity (Wildman–Crippen MR) is 98.8 cm³/mol. The Balaban J connectivity index is 2.42. The lowest BCUT2D eigenvalue weighted by atomic mass is 9.82. The van der Waals surface area contributed by atoms with Gasteiger partial charge in [-0.25, -0.2) is 4.79 Å². The van der Waals surface area contributed by atoms with Gasteiger partial charge in [0.1, 0.15) is 0 Å². The number of ketones is 1. The average molecular weight is 374 g/mol. The van der Waals surface area contributed by atoms with E-state index in [0.29, 0.717) is 5.57 Å². The summed E-state index contributed by atoms with van der Waals surface area (Å²) in [6.45, 7) is 5.34. The number of esters is 2. The van der Waals surface area contributed by atoms with Gasteiger partial charge in [0.25, 0.3) is 0 Å². The van der Waals surface area contributed by atoms with Gasteiger partial charge in [0.2, 0.25) is 0 Å². The average Bonchev–Trinajstić information content (AvgIpc) is 2.81. The molecule has 1 heterocycles. The van der Waals surface area contributed by atoms with Gasteiger partial charge in [-0.15, -0.1) is 0 Å². The van der Waals surface area contributed by atoms with Crippen molar-refractivity contribution in [3.05, 3.63) is 47.5 Å². The molecule has 1 aliphatic heterocycles. The lowest BCUT2D eigenvalue weighted by Crippen LogP contribution is -2.40. The fourth-order valence-corrected chi connectivity index (χ4v) is 3.06. The normalized spacial score (nSPS) is 22.2. The van der Waals surface area contributed by atoms with Crippen LogP contribution in [0.4, 0.5) is 0 Å². The molecule has 1 aliphatic rings. The summed E-state index contributed by atoms with van der Waals surface area (Å²) in [4.78, 5) is 37.0. The van der Waals surface area contributed by atoms with Gasteiger partial charge in [-0.1, -0.05) is 30.3 Å². The van der Waals surface area contributed by atoms with Crippen molar-refractivity contribution in [2.75, 3.05) is 13.7 Å². The molecule has 0 aliphatic carbocycles. The Morgan fingerprint density at radius 3 is 2.48 bits per heavy atom. The van der Waals surface area contributed by atoms with Gasteiger partial charge in [0.15, 0.2) is 5.78 Å². The second kappa shape index (κ2) is 8.95. The highest BCUT2D eigenvalue weighted by Crippen LogP contribution is 2.38. The van der Waals surface area contributed by atoms with Crippen LogP contribution >= 0.6 is 0 Å². The van der Waals surface area contributed by atoms with Crippen LogP contribution in [0.5, 0.6) is 0 Å². The van der Waals surface area contributed by atoms with Crippen LogP contribution in [0.3, 0.4) is 0 Å². The maximum atomic E-state index is 12.8. The molecule has 1 aromatic rings.